The SMILES string of the molecule is COc1ccc2c(CC(=O)OCC(=O)Nc3ccccc3F)coc2c1. The van der Waals surface area contributed by atoms with E-state index in [1.165, 1.54) is 24.5 Å². The summed E-state index contributed by atoms with van der Waals surface area (Å²) in [4.78, 5) is 23.7. The molecule has 6 nitrogen and oxygen atoms in total. The Labute approximate surface area is 148 Å². The maximum absolute atomic E-state index is 13.5. The molecule has 0 aliphatic rings. The lowest BCUT2D eigenvalue weighted by atomic mass is 10.1. The highest BCUT2D eigenvalue weighted by Crippen LogP contribution is 2.26. The molecular weight excluding hydrogens is 341 g/mol. The fourth-order valence-electron chi connectivity index (χ4n) is 2.43. The first-order valence-corrected chi connectivity index (χ1v) is 7.81. The molecule has 0 atom stereocenters. The molecule has 0 saturated carbocycles. The number of para-hydroxylation sites is 1. The third kappa shape index (κ3) is 4.00. The smallest absolute Gasteiger partial charge is 0.310 e. The molecule has 3 rings (SSSR count). The molecule has 0 spiro atoms. The Morgan fingerprint density at radius 3 is 2.77 bits per heavy atom. The van der Waals surface area contributed by atoms with Crippen molar-refractivity contribution in [3.8, 4) is 5.75 Å². The second-order valence-electron chi connectivity index (χ2n) is 5.49. The van der Waals surface area contributed by atoms with Crippen LogP contribution in [0, 0.1) is 5.82 Å². The van der Waals surface area contributed by atoms with E-state index in [1.54, 1.807) is 31.4 Å². The molecule has 0 saturated heterocycles. The second kappa shape index (κ2) is 7.69. The molecule has 3 aromatic rings. The number of furan rings is 1. The molecule has 26 heavy (non-hydrogen) atoms. The van der Waals surface area contributed by atoms with Crippen molar-refractivity contribution in [2.45, 2.75) is 6.42 Å². The number of carbonyl (C=O) groups excluding carboxylic acids is 2. The van der Waals surface area contributed by atoms with Crippen LogP contribution in [-0.2, 0) is 20.7 Å². The van der Waals surface area contributed by atoms with Crippen molar-refractivity contribution in [2.75, 3.05) is 19.0 Å². The first-order valence-electron chi connectivity index (χ1n) is 7.81. The third-order valence-corrected chi connectivity index (χ3v) is 3.71. The molecule has 1 aromatic heterocycles. The van der Waals surface area contributed by atoms with Gasteiger partial charge in [-0.2, -0.15) is 0 Å². The van der Waals surface area contributed by atoms with E-state index >= 15 is 0 Å². The third-order valence-electron chi connectivity index (χ3n) is 3.71. The Morgan fingerprint density at radius 1 is 1.19 bits per heavy atom. The van der Waals surface area contributed by atoms with Crippen molar-refractivity contribution in [1.29, 1.82) is 0 Å². The van der Waals surface area contributed by atoms with E-state index in [0.29, 0.717) is 16.9 Å². The van der Waals surface area contributed by atoms with Crippen LogP contribution in [0.2, 0.25) is 0 Å². The van der Waals surface area contributed by atoms with Gasteiger partial charge in [-0.25, -0.2) is 4.39 Å². The summed E-state index contributed by atoms with van der Waals surface area (Å²) in [5, 5.41) is 3.11. The number of carbonyl (C=O) groups is 2. The highest BCUT2D eigenvalue weighted by molar-refractivity contribution is 5.93. The Morgan fingerprint density at radius 2 is 2.00 bits per heavy atom. The quantitative estimate of drug-likeness (QED) is 0.685. The van der Waals surface area contributed by atoms with Crippen molar-refractivity contribution < 1.29 is 27.9 Å². The molecule has 0 bridgehead atoms. The number of halogens is 1. The molecule has 2 aromatic carbocycles. The van der Waals surface area contributed by atoms with Gasteiger partial charge in [-0.15, -0.1) is 0 Å². The van der Waals surface area contributed by atoms with Crippen molar-refractivity contribution in [3.05, 3.63) is 60.1 Å². The number of methoxy groups -OCH3 is 1. The first kappa shape index (κ1) is 17.5. The predicted octanol–water partition coefficient (Wildman–Crippen LogP) is 3.30. The van der Waals surface area contributed by atoms with Crippen LogP contribution in [0.5, 0.6) is 5.75 Å². The Kier molecular flexibility index (Phi) is 5.17. The lowest BCUT2D eigenvalue weighted by molar-refractivity contribution is -0.146. The van der Waals surface area contributed by atoms with E-state index in [-0.39, 0.29) is 12.1 Å². The molecule has 0 aliphatic heterocycles. The highest BCUT2D eigenvalue weighted by Gasteiger charge is 2.14. The summed E-state index contributed by atoms with van der Waals surface area (Å²) in [6.07, 6.45) is 1.41. The van der Waals surface area contributed by atoms with Crippen LogP contribution in [0.3, 0.4) is 0 Å². The monoisotopic (exact) mass is 357 g/mol. The predicted molar refractivity (Wildman–Crippen MR) is 92.5 cm³/mol. The zero-order valence-corrected chi connectivity index (χ0v) is 14.0. The van der Waals surface area contributed by atoms with E-state index in [2.05, 4.69) is 5.32 Å². The first-order chi connectivity index (χ1) is 12.6. The van der Waals surface area contributed by atoms with Gasteiger partial charge in [-0.3, -0.25) is 9.59 Å². The Hall–Kier alpha value is -3.35. The Bertz CT molecular complexity index is 950. The van der Waals surface area contributed by atoms with Crippen LogP contribution in [0.1, 0.15) is 5.56 Å². The van der Waals surface area contributed by atoms with Gasteiger partial charge in [0.1, 0.15) is 17.1 Å². The number of anilines is 1. The van der Waals surface area contributed by atoms with E-state index < -0.39 is 24.3 Å². The van der Waals surface area contributed by atoms with Crippen molar-refractivity contribution in [1.82, 2.24) is 0 Å². The van der Waals surface area contributed by atoms with E-state index in [1.807, 2.05) is 0 Å². The summed E-state index contributed by atoms with van der Waals surface area (Å²) in [5.41, 5.74) is 1.26. The highest BCUT2D eigenvalue weighted by atomic mass is 19.1. The van der Waals surface area contributed by atoms with E-state index in [9.17, 15) is 14.0 Å². The largest absolute Gasteiger partial charge is 0.497 e. The van der Waals surface area contributed by atoms with Gasteiger partial charge in [0.25, 0.3) is 5.91 Å². The average Bonchev–Trinajstić information content (AvgIpc) is 3.04. The fourth-order valence-corrected chi connectivity index (χ4v) is 2.43. The second-order valence-corrected chi connectivity index (χ2v) is 5.49. The number of amides is 1. The van der Waals surface area contributed by atoms with Crippen LogP contribution < -0.4 is 10.1 Å². The van der Waals surface area contributed by atoms with Gasteiger partial charge >= 0.3 is 5.97 Å². The number of hydrogen-bond acceptors (Lipinski definition) is 5. The molecule has 1 heterocycles. The van der Waals surface area contributed by atoms with E-state index in [4.69, 9.17) is 13.9 Å². The molecule has 7 heteroatoms. The van der Waals surface area contributed by atoms with Crippen LogP contribution in [0.4, 0.5) is 10.1 Å². The fraction of sp³-hybridized carbons (Fsp3) is 0.158. The number of benzene rings is 2. The summed E-state index contributed by atoms with van der Waals surface area (Å²) in [5.74, 6) is -1.13. The van der Waals surface area contributed by atoms with Gasteiger partial charge in [-0.05, 0) is 24.3 Å². The summed E-state index contributed by atoms with van der Waals surface area (Å²) in [6, 6.07) is 11.0. The van der Waals surface area contributed by atoms with E-state index in [0.717, 1.165) is 5.39 Å². The number of esters is 1. The Balaban J connectivity index is 1.56. The number of rotatable bonds is 6. The number of hydrogen-bond donors (Lipinski definition) is 1. The number of fused-ring (bicyclic) bond motifs is 1. The van der Waals surface area contributed by atoms with Crippen molar-refractivity contribution >= 4 is 28.5 Å². The maximum atomic E-state index is 13.5. The summed E-state index contributed by atoms with van der Waals surface area (Å²) in [7, 11) is 1.55. The summed E-state index contributed by atoms with van der Waals surface area (Å²) in [6.45, 7) is -0.503. The molecule has 0 radical (unpaired) electrons. The lowest BCUT2D eigenvalue weighted by Gasteiger charge is -2.07. The molecule has 0 unspecified atom stereocenters. The van der Waals surface area contributed by atoms with Crippen LogP contribution in [0.25, 0.3) is 11.0 Å². The lowest BCUT2D eigenvalue weighted by Crippen LogP contribution is -2.22. The van der Waals surface area contributed by atoms with Crippen LogP contribution >= 0.6 is 0 Å². The average molecular weight is 357 g/mol. The zero-order valence-electron chi connectivity index (χ0n) is 14.0. The van der Waals surface area contributed by atoms with Gasteiger partial charge in [0.15, 0.2) is 6.61 Å². The molecule has 134 valence electrons. The maximum Gasteiger partial charge on any atom is 0.310 e. The molecule has 0 aliphatic carbocycles. The van der Waals surface area contributed by atoms with Gasteiger partial charge in [0, 0.05) is 17.0 Å². The van der Waals surface area contributed by atoms with Gasteiger partial charge < -0.3 is 19.2 Å². The minimum atomic E-state index is -0.620. The molecular formula is C19H16FNO5. The van der Waals surface area contributed by atoms with Gasteiger partial charge in [0.05, 0.1) is 25.5 Å². The number of nitrogens with one attached hydrogen (secondary N) is 1. The molecule has 1 N–H and O–H groups in total. The van der Waals surface area contributed by atoms with Crippen LogP contribution in [0.15, 0.2) is 53.1 Å². The minimum absolute atomic E-state index is 0.0309. The zero-order chi connectivity index (χ0) is 18.5. The van der Waals surface area contributed by atoms with Gasteiger partial charge in [0.2, 0.25) is 0 Å². The topological polar surface area (TPSA) is 77.8 Å². The molecule has 0 fully saturated rings. The standard InChI is InChI=1S/C19H16FNO5/c1-24-13-6-7-14-12(10-25-17(14)9-13)8-19(23)26-11-18(22)21-16-5-3-2-4-15(16)20/h2-7,9-10H,8,11H2,1H3,(H,21,22). The van der Waals surface area contributed by atoms with Gasteiger partial charge in [-0.1, -0.05) is 12.1 Å². The number of ether oxygens (including phenoxy) is 2. The minimum Gasteiger partial charge on any atom is -0.497 e. The summed E-state index contributed by atoms with van der Waals surface area (Å²) < 4.78 is 28.9. The molecule has 1 amide bonds. The van der Waals surface area contributed by atoms with Crippen LogP contribution in [-0.4, -0.2) is 25.6 Å². The normalized spacial score (nSPS) is 10.5. The van der Waals surface area contributed by atoms with Crippen molar-refractivity contribution in [3.63, 3.8) is 0 Å². The summed E-state index contributed by atoms with van der Waals surface area (Å²) >= 11 is 0. The van der Waals surface area contributed by atoms with Crippen molar-refractivity contribution in [2.24, 2.45) is 0 Å².